The van der Waals surface area contributed by atoms with Crippen molar-refractivity contribution in [3.63, 3.8) is 0 Å². The number of hydrogen-bond acceptors (Lipinski definition) is 6. The van der Waals surface area contributed by atoms with Crippen LogP contribution in [0, 0.1) is 23.7 Å². The van der Waals surface area contributed by atoms with Crippen molar-refractivity contribution >= 4 is 43.7 Å². The van der Waals surface area contributed by atoms with Gasteiger partial charge in [0, 0.05) is 40.9 Å². The predicted molar refractivity (Wildman–Crippen MR) is 303 cm³/mol. The van der Waals surface area contributed by atoms with Gasteiger partial charge in [0.25, 0.3) is 0 Å². The summed E-state index contributed by atoms with van der Waals surface area (Å²) in [5, 5.41) is 11.2. The summed E-state index contributed by atoms with van der Waals surface area (Å²) in [7, 11) is 0. The van der Waals surface area contributed by atoms with Crippen LogP contribution in [0.3, 0.4) is 0 Å². The highest BCUT2D eigenvalue weighted by molar-refractivity contribution is 5.79. The molecule has 4 aromatic carbocycles. The lowest BCUT2D eigenvalue weighted by Gasteiger charge is -1.91. The van der Waals surface area contributed by atoms with Crippen LogP contribution in [-0.4, -0.2) is 30.1 Å². The van der Waals surface area contributed by atoms with Crippen molar-refractivity contribution in [3.8, 4) is 0 Å². The third-order valence-electron chi connectivity index (χ3n) is 5.82. The zero-order valence-corrected chi connectivity index (χ0v) is 44.0. The molecule has 0 saturated heterocycles. The van der Waals surface area contributed by atoms with Crippen molar-refractivity contribution in [1.82, 2.24) is 30.1 Å². The number of aromatic nitrogens is 6. The van der Waals surface area contributed by atoms with Crippen LogP contribution in [0.2, 0.25) is 0 Å². The minimum Gasteiger partial charge on any atom is -0.256 e. The average molecular weight is 903 g/mol. The Kier molecular flexibility index (Phi) is 56.7. The maximum absolute atomic E-state index is 4.18. The van der Waals surface area contributed by atoms with Crippen LogP contribution in [0.1, 0.15) is 153 Å². The van der Waals surface area contributed by atoms with E-state index in [-0.39, 0.29) is 14.9 Å². The van der Waals surface area contributed by atoms with Crippen LogP contribution < -0.4 is 0 Å². The normalized spacial score (nSPS) is 8.61. The minimum atomic E-state index is 0. The quantitative estimate of drug-likeness (QED) is 0.151. The van der Waals surface area contributed by atoms with E-state index in [2.05, 4.69) is 137 Å². The molecular weight excluding hydrogens is 805 g/mol. The molecule has 6 nitrogen and oxygen atoms in total. The molecule has 0 saturated carbocycles. The molecule has 8 aromatic rings. The SMILES string of the molecule is C.C.CC.CC.CC.CC.CC(C)C.CC(C)C.CC(C)C.CC(C)C.c1ccc2ncccc2c1.c1ccc2ncccc2c1.c1ccc2nccnc2c1.c1ccc2nnccc2c1. The topological polar surface area (TPSA) is 77.3 Å². The molecule has 0 fully saturated rings. The molecule has 0 N–H and O–H groups in total. The molecule has 66 heavy (non-hydrogen) atoms. The first-order valence-electron chi connectivity index (χ1n) is 23.7. The van der Waals surface area contributed by atoms with E-state index in [0.29, 0.717) is 0 Å². The highest BCUT2D eigenvalue weighted by Gasteiger charge is 1.90. The van der Waals surface area contributed by atoms with Gasteiger partial charge in [-0.1, -0.05) is 232 Å². The Morgan fingerprint density at radius 1 is 0.258 bits per heavy atom. The number of benzene rings is 4. The van der Waals surface area contributed by atoms with E-state index in [4.69, 9.17) is 0 Å². The molecule has 6 heteroatoms. The van der Waals surface area contributed by atoms with Gasteiger partial charge in [0.05, 0.1) is 33.8 Å². The van der Waals surface area contributed by atoms with E-state index in [1.807, 2.05) is 171 Å². The van der Waals surface area contributed by atoms with Gasteiger partial charge in [-0.25, -0.2) is 0 Å². The fraction of sp³-hybridized carbons (Fsp3) is 0.433. The lowest BCUT2D eigenvalue weighted by Crippen LogP contribution is -1.79. The lowest BCUT2D eigenvalue weighted by molar-refractivity contribution is 0.736. The third kappa shape index (κ3) is 43.6. The minimum absolute atomic E-state index is 0. The predicted octanol–water partition coefficient (Wildman–Crippen LogP) is 19.8. The van der Waals surface area contributed by atoms with E-state index < -0.39 is 0 Å². The van der Waals surface area contributed by atoms with E-state index >= 15 is 0 Å². The number of pyridine rings is 2. The molecule has 0 unspecified atom stereocenters. The van der Waals surface area contributed by atoms with Crippen LogP contribution in [0.15, 0.2) is 158 Å². The Hall–Kier alpha value is -5.62. The molecule has 0 aliphatic carbocycles. The number of hydrogen-bond donors (Lipinski definition) is 0. The summed E-state index contributed by atoms with van der Waals surface area (Å²) in [6, 6.07) is 41.8. The molecule has 0 radical (unpaired) electrons. The monoisotopic (exact) mass is 903 g/mol. The molecule has 8 rings (SSSR count). The van der Waals surface area contributed by atoms with Gasteiger partial charge in [0.1, 0.15) is 0 Å². The van der Waals surface area contributed by atoms with Crippen LogP contribution in [0.4, 0.5) is 0 Å². The van der Waals surface area contributed by atoms with Crippen molar-refractivity contribution in [2.45, 2.75) is 153 Å². The van der Waals surface area contributed by atoms with Gasteiger partial charge in [0.2, 0.25) is 0 Å². The first kappa shape index (κ1) is 72.0. The summed E-state index contributed by atoms with van der Waals surface area (Å²) in [5.74, 6) is 3.33. The average Bonchev–Trinajstić information content (AvgIpc) is 3.32. The highest BCUT2D eigenvalue weighted by atomic mass is 15.1. The summed E-state index contributed by atoms with van der Waals surface area (Å²) < 4.78 is 0. The summed E-state index contributed by atoms with van der Waals surface area (Å²) in [5.41, 5.74) is 4.97. The standard InChI is InChI=1S/2C9H7N.2C8H6N2.4C4H10.4C2H6.2CH4/c2*1-2-6-9-8(4-1)5-3-7-10-9;1-2-4-8-7(3-1)9-5-6-10-8;1-2-4-8-7(3-1)5-6-9-10-8;4*1-4(2)3;4*1-2;;/h2*1-7H;2*1-6H;4*4H,1-3H3;4*1-2H3;2*1H4. The molecule has 0 atom stereocenters. The number of para-hydroxylation sites is 4. The van der Waals surface area contributed by atoms with Crippen molar-refractivity contribution in [2.24, 2.45) is 23.7 Å². The molecular formula is C60H98N6. The Morgan fingerprint density at radius 2 is 0.485 bits per heavy atom. The number of fused-ring (bicyclic) bond motifs is 4. The van der Waals surface area contributed by atoms with Gasteiger partial charge in [-0.2, -0.15) is 10.2 Å². The van der Waals surface area contributed by atoms with E-state index in [1.54, 1.807) is 18.6 Å². The van der Waals surface area contributed by atoms with Gasteiger partial charge < -0.3 is 0 Å². The fourth-order valence-electron chi connectivity index (χ4n) is 3.87. The largest absolute Gasteiger partial charge is 0.256 e. The van der Waals surface area contributed by atoms with Gasteiger partial charge in [-0.15, -0.1) is 0 Å². The van der Waals surface area contributed by atoms with E-state index in [0.717, 1.165) is 56.6 Å². The fourth-order valence-corrected chi connectivity index (χ4v) is 3.87. The first-order chi connectivity index (χ1) is 30.8. The Balaban J connectivity index is -0.000000156. The summed E-state index contributed by atoms with van der Waals surface area (Å²) in [6.45, 7) is 42.0. The molecule has 4 aromatic heterocycles. The Labute approximate surface area is 407 Å². The van der Waals surface area contributed by atoms with Gasteiger partial charge in [-0.3, -0.25) is 19.9 Å². The second-order valence-corrected chi connectivity index (χ2v) is 15.5. The van der Waals surface area contributed by atoms with Crippen LogP contribution >= 0.6 is 0 Å². The molecule has 0 amide bonds. The van der Waals surface area contributed by atoms with Crippen LogP contribution in [-0.2, 0) is 0 Å². The second kappa shape index (κ2) is 52.0. The maximum atomic E-state index is 4.18. The zero-order chi connectivity index (χ0) is 49.6. The molecule has 0 aliphatic heterocycles. The highest BCUT2D eigenvalue weighted by Crippen LogP contribution is 2.09. The van der Waals surface area contributed by atoms with E-state index in [9.17, 15) is 0 Å². The first-order valence-corrected chi connectivity index (χ1v) is 23.7. The van der Waals surface area contributed by atoms with Crippen molar-refractivity contribution in [2.75, 3.05) is 0 Å². The zero-order valence-electron chi connectivity index (χ0n) is 44.0. The second-order valence-electron chi connectivity index (χ2n) is 15.5. The smallest absolute Gasteiger partial charge is 0.0929 e. The van der Waals surface area contributed by atoms with Crippen LogP contribution in [0.25, 0.3) is 43.7 Å². The lowest BCUT2D eigenvalue weighted by atomic mass is 10.2. The number of rotatable bonds is 0. The maximum Gasteiger partial charge on any atom is 0.0929 e. The van der Waals surface area contributed by atoms with Crippen molar-refractivity contribution in [3.05, 3.63) is 158 Å². The Bertz CT molecular complexity index is 1560. The molecule has 368 valence electrons. The molecule has 0 spiro atoms. The molecule has 4 heterocycles. The third-order valence-corrected chi connectivity index (χ3v) is 5.82. The van der Waals surface area contributed by atoms with Gasteiger partial charge >= 0.3 is 0 Å². The molecule has 0 aliphatic rings. The van der Waals surface area contributed by atoms with Gasteiger partial charge in [0.15, 0.2) is 0 Å². The van der Waals surface area contributed by atoms with Gasteiger partial charge in [-0.05, 0) is 72.2 Å². The van der Waals surface area contributed by atoms with Crippen LogP contribution in [0.5, 0.6) is 0 Å². The molecule has 0 bridgehead atoms. The van der Waals surface area contributed by atoms with Crippen molar-refractivity contribution in [1.29, 1.82) is 0 Å². The summed E-state index contributed by atoms with van der Waals surface area (Å²) >= 11 is 0. The Morgan fingerprint density at radius 3 is 0.773 bits per heavy atom. The summed E-state index contributed by atoms with van der Waals surface area (Å²) in [4.78, 5) is 16.6. The number of nitrogens with zero attached hydrogens (tertiary/aromatic N) is 6. The van der Waals surface area contributed by atoms with E-state index in [1.165, 1.54) is 10.8 Å². The van der Waals surface area contributed by atoms with Crippen molar-refractivity contribution < 1.29 is 0 Å². The summed E-state index contributed by atoms with van der Waals surface area (Å²) in [6.07, 6.45) is 8.71.